The zero-order chi connectivity index (χ0) is 14.4. The van der Waals surface area contributed by atoms with Crippen molar-refractivity contribution in [3.8, 4) is 0 Å². The van der Waals surface area contributed by atoms with Gasteiger partial charge in [-0.3, -0.25) is 10.1 Å². The molecule has 2 aromatic rings. The molecule has 0 heterocycles. The highest BCUT2D eigenvalue weighted by Gasteiger charge is 2.09. The van der Waals surface area contributed by atoms with Crippen LogP contribution in [0.15, 0.2) is 67.3 Å². The van der Waals surface area contributed by atoms with Crippen LogP contribution in [0.5, 0.6) is 0 Å². The van der Waals surface area contributed by atoms with Gasteiger partial charge in [-0.2, -0.15) is 0 Å². The summed E-state index contributed by atoms with van der Waals surface area (Å²) in [5, 5.41) is 14.0. The maximum absolute atomic E-state index is 10.6. The standard InChI is InChI=1S/C16H16N2O2/c1-2-16(17-12-13-6-4-3-5-7-13)14-8-10-15(11-9-14)18(19)20/h2-11,16-17H,1,12H2/t16-/m0/s1. The van der Waals surface area contributed by atoms with Crippen molar-refractivity contribution in [2.24, 2.45) is 0 Å². The van der Waals surface area contributed by atoms with Crippen LogP contribution >= 0.6 is 0 Å². The summed E-state index contributed by atoms with van der Waals surface area (Å²) >= 11 is 0. The van der Waals surface area contributed by atoms with Crippen LogP contribution in [0.3, 0.4) is 0 Å². The molecule has 0 radical (unpaired) electrons. The molecule has 2 aromatic carbocycles. The number of nitro groups is 1. The third kappa shape index (κ3) is 3.52. The van der Waals surface area contributed by atoms with Crippen LogP contribution in [0.1, 0.15) is 17.2 Å². The monoisotopic (exact) mass is 268 g/mol. The van der Waals surface area contributed by atoms with Gasteiger partial charge in [0.25, 0.3) is 5.69 Å². The molecule has 0 saturated carbocycles. The van der Waals surface area contributed by atoms with Crippen LogP contribution < -0.4 is 5.32 Å². The number of nitro benzene ring substituents is 1. The Kier molecular flexibility index (Phi) is 4.63. The third-order valence-corrected chi connectivity index (χ3v) is 3.07. The van der Waals surface area contributed by atoms with Gasteiger partial charge >= 0.3 is 0 Å². The largest absolute Gasteiger partial charge is 0.303 e. The van der Waals surface area contributed by atoms with E-state index in [2.05, 4.69) is 11.9 Å². The molecule has 0 fully saturated rings. The third-order valence-electron chi connectivity index (χ3n) is 3.07. The lowest BCUT2D eigenvalue weighted by molar-refractivity contribution is -0.384. The molecule has 2 rings (SSSR count). The highest BCUT2D eigenvalue weighted by atomic mass is 16.6. The minimum atomic E-state index is -0.399. The van der Waals surface area contributed by atoms with E-state index in [-0.39, 0.29) is 11.7 Å². The normalized spacial score (nSPS) is 11.8. The van der Waals surface area contributed by atoms with E-state index in [4.69, 9.17) is 0 Å². The van der Waals surface area contributed by atoms with Crippen molar-refractivity contribution < 1.29 is 4.92 Å². The number of hydrogen-bond donors (Lipinski definition) is 1. The number of non-ortho nitro benzene ring substituents is 1. The van der Waals surface area contributed by atoms with Crippen molar-refractivity contribution in [1.29, 1.82) is 0 Å². The van der Waals surface area contributed by atoms with Crippen molar-refractivity contribution in [3.05, 3.63) is 88.5 Å². The maximum Gasteiger partial charge on any atom is 0.269 e. The number of nitrogens with one attached hydrogen (secondary N) is 1. The zero-order valence-electron chi connectivity index (χ0n) is 11.0. The van der Waals surface area contributed by atoms with Crippen LogP contribution in [0.2, 0.25) is 0 Å². The van der Waals surface area contributed by atoms with E-state index >= 15 is 0 Å². The highest BCUT2D eigenvalue weighted by Crippen LogP contribution is 2.19. The minimum absolute atomic E-state index is 0.0315. The lowest BCUT2D eigenvalue weighted by atomic mass is 10.1. The maximum atomic E-state index is 10.6. The molecule has 0 saturated heterocycles. The second-order valence-electron chi connectivity index (χ2n) is 4.43. The quantitative estimate of drug-likeness (QED) is 0.494. The molecule has 0 aromatic heterocycles. The molecule has 0 aliphatic heterocycles. The molecule has 0 spiro atoms. The van der Waals surface area contributed by atoms with Gasteiger partial charge in [0.2, 0.25) is 0 Å². The Hall–Kier alpha value is -2.46. The van der Waals surface area contributed by atoms with Crippen molar-refractivity contribution >= 4 is 5.69 Å². The molecule has 20 heavy (non-hydrogen) atoms. The average molecular weight is 268 g/mol. The summed E-state index contributed by atoms with van der Waals surface area (Å²) in [7, 11) is 0. The van der Waals surface area contributed by atoms with Gasteiger partial charge in [-0.1, -0.05) is 48.5 Å². The zero-order valence-corrected chi connectivity index (χ0v) is 11.0. The Morgan fingerprint density at radius 2 is 1.80 bits per heavy atom. The molecule has 102 valence electrons. The molecular weight excluding hydrogens is 252 g/mol. The van der Waals surface area contributed by atoms with Crippen LogP contribution in [0, 0.1) is 10.1 Å². The minimum Gasteiger partial charge on any atom is -0.303 e. The predicted molar refractivity (Wildman–Crippen MR) is 79.3 cm³/mol. The summed E-state index contributed by atoms with van der Waals surface area (Å²) in [5.41, 5.74) is 2.24. The summed E-state index contributed by atoms with van der Waals surface area (Å²) in [6.07, 6.45) is 1.80. The Morgan fingerprint density at radius 1 is 1.15 bits per heavy atom. The first-order valence-electron chi connectivity index (χ1n) is 6.35. The molecule has 0 aliphatic carbocycles. The SMILES string of the molecule is C=C[C@H](NCc1ccccc1)c1ccc([N+](=O)[O-])cc1. The van der Waals surface area contributed by atoms with E-state index in [0.29, 0.717) is 6.54 Å². The Morgan fingerprint density at radius 3 is 2.35 bits per heavy atom. The second-order valence-corrected chi connectivity index (χ2v) is 4.43. The Labute approximate surface area is 117 Å². The predicted octanol–water partition coefficient (Wildman–Crippen LogP) is 3.61. The van der Waals surface area contributed by atoms with Gasteiger partial charge in [0.1, 0.15) is 0 Å². The number of benzene rings is 2. The van der Waals surface area contributed by atoms with Crippen LogP contribution in [-0.4, -0.2) is 4.92 Å². The molecule has 0 aliphatic rings. The Balaban J connectivity index is 2.04. The average Bonchev–Trinajstić information content (AvgIpc) is 2.49. The van der Waals surface area contributed by atoms with Gasteiger partial charge in [0.05, 0.1) is 11.0 Å². The van der Waals surface area contributed by atoms with E-state index in [1.807, 2.05) is 30.3 Å². The van der Waals surface area contributed by atoms with Crippen LogP contribution in [0.4, 0.5) is 5.69 Å². The first-order valence-corrected chi connectivity index (χ1v) is 6.35. The van der Waals surface area contributed by atoms with E-state index < -0.39 is 4.92 Å². The van der Waals surface area contributed by atoms with Gasteiger partial charge in [-0.25, -0.2) is 0 Å². The van der Waals surface area contributed by atoms with Crippen LogP contribution in [0.25, 0.3) is 0 Å². The molecule has 4 heteroatoms. The highest BCUT2D eigenvalue weighted by molar-refractivity contribution is 5.35. The molecule has 1 atom stereocenters. The fraction of sp³-hybridized carbons (Fsp3) is 0.125. The molecular formula is C16H16N2O2. The summed E-state index contributed by atoms with van der Waals surface area (Å²) in [6.45, 7) is 4.53. The van der Waals surface area contributed by atoms with Crippen molar-refractivity contribution in [1.82, 2.24) is 5.32 Å². The van der Waals surface area contributed by atoms with Crippen molar-refractivity contribution in [3.63, 3.8) is 0 Å². The molecule has 0 bridgehead atoms. The topological polar surface area (TPSA) is 55.2 Å². The fourth-order valence-corrected chi connectivity index (χ4v) is 1.96. The molecule has 1 N–H and O–H groups in total. The van der Waals surface area contributed by atoms with E-state index in [0.717, 1.165) is 5.56 Å². The Bertz CT molecular complexity index is 579. The van der Waals surface area contributed by atoms with Gasteiger partial charge in [-0.15, -0.1) is 6.58 Å². The van der Waals surface area contributed by atoms with Gasteiger partial charge in [0, 0.05) is 18.7 Å². The lowest BCUT2D eigenvalue weighted by Crippen LogP contribution is -2.18. The molecule has 0 amide bonds. The number of nitrogens with zero attached hydrogens (tertiary/aromatic N) is 1. The van der Waals surface area contributed by atoms with E-state index in [1.54, 1.807) is 18.2 Å². The lowest BCUT2D eigenvalue weighted by Gasteiger charge is -2.15. The number of hydrogen-bond acceptors (Lipinski definition) is 3. The summed E-state index contributed by atoms with van der Waals surface area (Å²) in [4.78, 5) is 10.2. The molecule has 4 nitrogen and oxygen atoms in total. The smallest absolute Gasteiger partial charge is 0.269 e. The fourth-order valence-electron chi connectivity index (χ4n) is 1.96. The van der Waals surface area contributed by atoms with Gasteiger partial charge in [0.15, 0.2) is 0 Å². The summed E-state index contributed by atoms with van der Waals surface area (Å²) in [6, 6.07) is 16.5. The van der Waals surface area contributed by atoms with Gasteiger partial charge in [-0.05, 0) is 11.1 Å². The second kappa shape index (κ2) is 6.63. The van der Waals surface area contributed by atoms with E-state index in [1.165, 1.54) is 17.7 Å². The van der Waals surface area contributed by atoms with E-state index in [9.17, 15) is 10.1 Å². The first-order chi connectivity index (χ1) is 9.70. The molecule has 0 unspecified atom stereocenters. The van der Waals surface area contributed by atoms with Crippen LogP contribution in [-0.2, 0) is 6.54 Å². The first kappa shape index (κ1) is 14.0. The number of rotatable bonds is 6. The van der Waals surface area contributed by atoms with Crippen molar-refractivity contribution in [2.45, 2.75) is 12.6 Å². The summed E-state index contributed by atoms with van der Waals surface area (Å²) in [5.74, 6) is 0. The summed E-state index contributed by atoms with van der Waals surface area (Å²) < 4.78 is 0. The van der Waals surface area contributed by atoms with Gasteiger partial charge < -0.3 is 5.32 Å². The van der Waals surface area contributed by atoms with Crippen molar-refractivity contribution in [2.75, 3.05) is 0 Å².